The first-order chi connectivity index (χ1) is 13.6. The smallest absolute Gasteiger partial charge is 0.311 e. The number of esters is 2. The third-order valence-corrected chi connectivity index (χ3v) is 4.44. The fourth-order valence-corrected chi connectivity index (χ4v) is 3.04. The molecule has 4 nitrogen and oxygen atoms in total. The Morgan fingerprint density at radius 1 is 0.679 bits per heavy atom. The molecule has 0 unspecified atom stereocenters. The van der Waals surface area contributed by atoms with Crippen LogP contribution in [0.15, 0.2) is 48.5 Å². The summed E-state index contributed by atoms with van der Waals surface area (Å²) in [6, 6.07) is 15.3. The molecule has 0 aliphatic carbocycles. The van der Waals surface area contributed by atoms with Crippen molar-refractivity contribution in [3.8, 4) is 11.5 Å². The number of para-hydroxylation sites is 2. The van der Waals surface area contributed by atoms with E-state index in [1.165, 1.54) is 0 Å². The number of unbranched alkanes of at least 4 members (excludes halogenated alkanes) is 1. The highest BCUT2D eigenvalue weighted by Crippen LogP contribution is 2.21. The number of benzene rings is 2. The Balaban J connectivity index is 1.72. The van der Waals surface area contributed by atoms with Crippen molar-refractivity contribution in [3.63, 3.8) is 0 Å². The fraction of sp³-hybridized carbons (Fsp3) is 0.417. The monoisotopic (exact) mass is 382 g/mol. The molecule has 0 spiro atoms. The van der Waals surface area contributed by atoms with Crippen molar-refractivity contribution in [1.82, 2.24) is 0 Å². The van der Waals surface area contributed by atoms with Gasteiger partial charge in [-0.2, -0.15) is 0 Å². The zero-order valence-electron chi connectivity index (χ0n) is 16.9. The van der Waals surface area contributed by atoms with Crippen molar-refractivity contribution >= 4 is 11.9 Å². The van der Waals surface area contributed by atoms with Gasteiger partial charge in [0.05, 0.1) is 0 Å². The molecule has 0 amide bonds. The Morgan fingerprint density at radius 2 is 1.07 bits per heavy atom. The predicted molar refractivity (Wildman–Crippen MR) is 111 cm³/mol. The average Bonchev–Trinajstić information content (AvgIpc) is 2.69. The molecule has 0 atom stereocenters. The van der Waals surface area contributed by atoms with Crippen LogP contribution in [0.4, 0.5) is 0 Å². The van der Waals surface area contributed by atoms with Crippen LogP contribution in [0.3, 0.4) is 0 Å². The summed E-state index contributed by atoms with van der Waals surface area (Å²) in [5, 5.41) is 0. The van der Waals surface area contributed by atoms with Gasteiger partial charge < -0.3 is 9.47 Å². The fourth-order valence-electron chi connectivity index (χ4n) is 3.04. The van der Waals surface area contributed by atoms with E-state index in [0.29, 0.717) is 37.2 Å². The van der Waals surface area contributed by atoms with Crippen molar-refractivity contribution in [2.75, 3.05) is 0 Å². The number of hydrogen-bond acceptors (Lipinski definition) is 4. The summed E-state index contributed by atoms with van der Waals surface area (Å²) in [5.41, 5.74) is 2.10. The number of carbonyl (C=O) groups excluding carboxylic acids is 2. The maximum Gasteiger partial charge on any atom is 0.311 e. The quantitative estimate of drug-likeness (QED) is 0.286. The molecular formula is C24H30O4. The molecule has 150 valence electrons. The van der Waals surface area contributed by atoms with E-state index in [0.717, 1.165) is 36.8 Å². The Kier molecular flexibility index (Phi) is 9.26. The van der Waals surface area contributed by atoms with Crippen molar-refractivity contribution in [2.24, 2.45) is 0 Å². The topological polar surface area (TPSA) is 52.6 Å². The van der Waals surface area contributed by atoms with Crippen molar-refractivity contribution in [3.05, 3.63) is 59.7 Å². The van der Waals surface area contributed by atoms with E-state index in [4.69, 9.17) is 9.47 Å². The number of ether oxygens (including phenoxy) is 2. The summed E-state index contributed by atoms with van der Waals surface area (Å²) in [6.45, 7) is 4.19. The minimum Gasteiger partial charge on any atom is -0.426 e. The van der Waals surface area contributed by atoms with Crippen LogP contribution in [-0.2, 0) is 22.4 Å². The first kappa shape index (κ1) is 21.7. The predicted octanol–water partition coefficient (Wildman–Crippen LogP) is 5.66. The number of carbonyl (C=O) groups is 2. The van der Waals surface area contributed by atoms with E-state index < -0.39 is 0 Å². The van der Waals surface area contributed by atoms with Crippen molar-refractivity contribution in [2.45, 2.75) is 65.2 Å². The zero-order chi connectivity index (χ0) is 20.2. The molecule has 0 aliphatic heterocycles. The van der Waals surface area contributed by atoms with Gasteiger partial charge in [0.25, 0.3) is 0 Å². The second-order valence-corrected chi connectivity index (χ2v) is 6.87. The molecule has 0 saturated heterocycles. The Labute approximate surface area is 167 Å². The standard InChI is InChI=1S/C24H30O4/c1-3-11-19-13-5-7-15-21(19)27-23(25)17-9-10-18-24(26)28-22-16-8-6-14-20(22)12-4-2/h5-8,13-16H,3-4,9-12,17-18H2,1-2H3. The normalized spacial score (nSPS) is 10.5. The SMILES string of the molecule is CCCc1ccccc1OC(=O)CCCCC(=O)Oc1ccccc1CCC. The highest BCUT2D eigenvalue weighted by molar-refractivity contribution is 5.74. The summed E-state index contributed by atoms with van der Waals surface area (Å²) in [6.07, 6.45) is 5.54. The van der Waals surface area contributed by atoms with Crippen LogP contribution in [0.2, 0.25) is 0 Å². The molecule has 4 heteroatoms. The Morgan fingerprint density at radius 3 is 1.46 bits per heavy atom. The van der Waals surface area contributed by atoms with Crippen molar-refractivity contribution in [1.29, 1.82) is 0 Å². The van der Waals surface area contributed by atoms with Gasteiger partial charge in [0.1, 0.15) is 11.5 Å². The molecule has 0 heterocycles. The molecule has 2 aromatic rings. The van der Waals surface area contributed by atoms with Gasteiger partial charge >= 0.3 is 11.9 Å². The van der Waals surface area contributed by atoms with Crippen LogP contribution >= 0.6 is 0 Å². The van der Waals surface area contributed by atoms with Gasteiger partial charge in [-0.3, -0.25) is 9.59 Å². The molecule has 0 N–H and O–H groups in total. The summed E-state index contributed by atoms with van der Waals surface area (Å²) >= 11 is 0. The molecule has 2 aromatic carbocycles. The van der Waals surface area contributed by atoms with Gasteiger partial charge in [0.15, 0.2) is 0 Å². The maximum atomic E-state index is 12.1. The second kappa shape index (κ2) is 12.0. The molecule has 0 aliphatic rings. The van der Waals surface area contributed by atoms with Gasteiger partial charge in [0, 0.05) is 12.8 Å². The van der Waals surface area contributed by atoms with E-state index >= 15 is 0 Å². The highest BCUT2D eigenvalue weighted by atomic mass is 16.5. The molecular weight excluding hydrogens is 352 g/mol. The molecule has 0 bridgehead atoms. The maximum absolute atomic E-state index is 12.1. The molecule has 0 radical (unpaired) electrons. The van der Waals surface area contributed by atoms with Crippen LogP contribution in [0.5, 0.6) is 11.5 Å². The lowest BCUT2D eigenvalue weighted by atomic mass is 10.1. The van der Waals surface area contributed by atoms with E-state index in [9.17, 15) is 9.59 Å². The first-order valence-corrected chi connectivity index (χ1v) is 10.2. The van der Waals surface area contributed by atoms with Crippen LogP contribution in [0.1, 0.15) is 63.5 Å². The number of rotatable bonds is 11. The average molecular weight is 383 g/mol. The lowest BCUT2D eigenvalue weighted by Gasteiger charge is -2.10. The largest absolute Gasteiger partial charge is 0.426 e. The summed E-state index contributed by atoms with van der Waals surface area (Å²) in [5.74, 6) is 0.762. The zero-order valence-corrected chi connectivity index (χ0v) is 16.9. The molecule has 0 aromatic heterocycles. The lowest BCUT2D eigenvalue weighted by Crippen LogP contribution is -2.11. The van der Waals surface area contributed by atoms with Gasteiger partial charge in [-0.15, -0.1) is 0 Å². The molecule has 2 rings (SSSR count). The van der Waals surface area contributed by atoms with Gasteiger partial charge in [-0.05, 0) is 48.9 Å². The van der Waals surface area contributed by atoms with Crippen molar-refractivity contribution < 1.29 is 19.1 Å². The number of aryl methyl sites for hydroxylation is 2. The summed E-state index contributed by atoms with van der Waals surface area (Å²) < 4.78 is 11.0. The summed E-state index contributed by atoms with van der Waals surface area (Å²) in [4.78, 5) is 24.2. The van der Waals surface area contributed by atoms with Crippen LogP contribution < -0.4 is 9.47 Å². The van der Waals surface area contributed by atoms with E-state index in [-0.39, 0.29) is 11.9 Å². The minimum absolute atomic E-state index is 0.259. The Bertz CT molecular complexity index is 701. The third-order valence-electron chi connectivity index (χ3n) is 4.44. The Hall–Kier alpha value is -2.62. The molecule has 0 saturated carbocycles. The first-order valence-electron chi connectivity index (χ1n) is 10.2. The van der Waals surface area contributed by atoms with Gasteiger partial charge in [0.2, 0.25) is 0 Å². The van der Waals surface area contributed by atoms with Crippen LogP contribution in [-0.4, -0.2) is 11.9 Å². The highest BCUT2D eigenvalue weighted by Gasteiger charge is 2.11. The number of hydrogen-bond donors (Lipinski definition) is 0. The van der Waals surface area contributed by atoms with E-state index in [1.807, 2.05) is 48.5 Å². The van der Waals surface area contributed by atoms with E-state index in [2.05, 4.69) is 13.8 Å². The minimum atomic E-state index is -0.259. The lowest BCUT2D eigenvalue weighted by molar-refractivity contribution is -0.136. The van der Waals surface area contributed by atoms with E-state index in [1.54, 1.807) is 0 Å². The third kappa shape index (κ3) is 7.18. The van der Waals surface area contributed by atoms with Crippen LogP contribution in [0.25, 0.3) is 0 Å². The van der Waals surface area contributed by atoms with Crippen LogP contribution in [0, 0.1) is 0 Å². The second-order valence-electron chi connectivity index (χ2n) is 6.87. The summed E-state index contributed by atoms with van der Waals surface area (Å²) in [7, 11) is 0. The van der Waals surface area contributed by atoms with Gasteiger partial charge in [-0.25, -0.2) is 0 Å². The molecule has 0 fully saturated rings. The molecule has 28 heavy (non-hydrogen) atoms. The van der Waals surface area contributed by atoms with Gasteiger partial charge in [-0.1, -0.05) is 63.1 Å².